The molecule has 1 aliphatic rings. The minimum Gasteiger partial charge on any atom is -0.267 e. The highest BCUT2D eigenvalue weighted by molar-refractivity contribution is 5.93. The van der Waals surface area contributed by atoms with Gasteiger partial charge in [-0.1, -0.05) is 31.0 Å². The second-order valence-electron chi connectivity index (χ2n) is 4.32. The van der Waals surface area contributed by atoms with Gasteiger partial charge in [0.15, 0.2) is 0 Å². The van der Waals surface area contributed by atoms with Gasteiger partial charge < -0.3 is 0 Å². The van der Waals surface area contributed by atoms with Crippen molar-refractivity contribution < 1.29 is 14.0 Å². The van der Waals surface area contributed by atoms with E-state index in [2.05, 4.69) is 11.4 Å². The summed E-state index contributed by atoms with van der Waals surface area (Å²) in [6.45, 7) is 0. The fourth-order valence-corrected chi connectivity index (χ4v) is 1.63. The third kappa shape index (κ3) is 3.86. The van der Waals surface area contributed by atoms with Gasteiger partial charge in [-0.3, -0.25) is 9.63 Å². The normalized spacial score (nSPS) is 15.4. The number of hydrogen-bond acceptors (Lipinski definition) is 2. The monoisotopic (exact) mass is 247 g/mol. The van der Waals surface area contributed by atoms with E-state index >= 15 is 0 Å². The summed E-state index contributed by atoms with van der Waals surface area (Å²) in [6.07, 6.45) is 3.67. The van der Waals surface area contributed by atoms with Crippen molar-refractivity contribution in [1.29, 1.82) is 0 Å². The molecule has 1 saturated carbocycles. The first-order valence-corrected chi connectivity index (χ1v) is 5.92. The van der Waals surface area contributed by atoms with Gasteiger partial charge in [-0.05, 0) is 30.4 Å². The van der Waals surface area contributed by atoms with Gasteiger partial charge in [0, 0.05) is 5.56 Å². The van der Waals surface area contributed by atoms with Gasteiger partial charge in [0.25, 0.3) is 5.91 Å². The van der Waals surface area contributed by atoms with Crippen LogP contribution in [0.25, 0.3) is 0 Å². The zero-order valence-electron chi connectivity index (χ0n) is 9.86. The van der Waals surface area contributed by atoms with E-state index in [-0.39, 0.29) is 5.91 Å². The van der Waals surface area contributed by atoms with Crippen LogP contribution in [0.2, 0.25) is 0 Å². The zero-order chi connectivity index (χ0) is 12.8. The predicted octanol–water partition coefficient (Wildman–Crippen LogP) is 2.45. The number of carbonyl (C=O) groups is 1. The van der Waals surface area contributed by atoms with Gasteiger partial charge in [-0.25, -0.2) is 5.48 Å². The maximum absolute atomic E-state index is 12.0. The molecular weight excluding hydrogens is 233 g/mol. The van der Waals surface area contributed by atoms with Crippen molar-refractivity contribution in [3.05, 3.63) is 35.9 Å². The molecule has 0 spiro atoms. The van der Waals surface area contributed by atoms with E-state index in [1.165, 1.54) is 6.17 Å². The lowest BCUT2D eigenvalue weighted by molar-refractivity contribution is 0.00312. The number of benzene rings is 1. The summed E-state index contributed by atoms with van der Waals surface area (Å²) in [5, 5.41) is 0. The molecule has 1 aromatic carbocycles. The third-order valence-corrected chi connectivity index (χ3v) is 2.79. The summed E-state index contributed by atoms with van der Waals surface area (Å²) in [5.41, 5.74) is 2.81. The van der Waals surface area contributed by atoms with E-state index in [9.17, 15) is 9.18 Å². The summed E-state index contributed by atoms with van der Waals surface area (Å²) in [5.74, 6) is 2.50. The van der Waals surface area contributed by atoms with Crippen LogP contribution >= 0.6 is 0 Å². The maximum atomic E-state index is 12.0. The second-order valence-corrected chi connectivity index (χ2v) is 4.32. The van der Waals surface area contributed by atoms with E-state index in [0.29, 0.717) is 17.9 Å². The lowest BCUT2D eigenvalue weighted by atomic mass is 10.2. The number of hydrogen-bond donors (Lipinski definition) is 1. The smallest absolute Gasteiger partial charge is 0.267 e. The van der Waals surface area contributed by atoms with Gasteiger partial charge in [-0.2, -0.15) is 0 Å². The van der Waals surface area contributed by atoms with Gasteiger partial charge >= 0.3 is 0 Å². The molecule has 0 radical (unpaired) electrons. The van der Waals surface area contributed by atoms with Gasteiger partial charge in [0.05, 0.1) is 0 Å². The quantitative estimate of drug-likeness (QED) is 0.641. The summed E-state index contributed by atoms with van der Waals surface area (Å²) >= 11 is 0. The molecule has 0 heterocycles. The van der Waals surface area contributed by atoms with Crippen LogP contribution in [-0.2, 0) is 4.84 Å². The van der Waals surface area contributed by atoms with Crippen LogP contribution in [0.15, 0.2) is 30.3 Å². The second kappa shape index (κ2) is 6.18. The molecule has 0 aromatic heterocycles. The molecule has 4 heteroatoms. The molecule has 1 fully saturated rings. The van der Waals surface area contributed by atoms with Gasteiger partial charge in [0.2, 0.25) is 0 Å². The number of amides is 1. The summed E-state index contributed by atoms with van der Waals surface area (Å²) in [4.78, 5) is 16.8. The molecule has 0 bridgehead atoms. The van der Waals surface area contributed by atoms with Crippen LogP contribution in [0.1, 0.15) is 29.6 Å². The average molecular weight is 247 g/mol. The number of nitrogens with one attached hydrogen (secondary N) is 1. The Morgan fingerprint density at radius 1 is 1.44 bits per heavy atom. The fraction of sp³-hybridized carbons (Fsp3) is 0.357. The predicted molar refractivity (Wildman–Crippen MR) is 65.0 cm³/mol. The van der Waals surface area contributed by atoms with E-state index in [4.69, 9.17) is 4.84 Å². The van der Waals surface area contributed by atoms with Crippen LogP contribution in [0.3, 0.4) is 0 Å². The Hall–Kier alpha value is -1.86. The Kier molecular flexibility index (Phi) is 4.32. The Morgan fingerprint density at radius 2 is 2.17 bits per heavy atom. The third-order valence-electron chi connectivity index (χ3n) is 2.79. The molecule has 0 aliphatic heterocycles. The van der Waals surface area contributed by atoms with Crippen LogP contribution in [0.4, 0.5) is 4.39 Å². The minimum absolute atomic E-state index is 0.350. The summed E-state index contributed by atoms with van der Waals surface area (Å²) in [6, 6.07) is 8.70. The molecule has 1 amide bonds. The first-order valence-electron chi connectivity index (χ1n) is 5.92. The van der Waals surface area contributed by atoms with Crippen molar-refractivity contribution in [2.75, 3.05) is 0 Å². The first-order chi connectivity index (χ1) is 8.79. The number of hydroxylamine groups is 1. The largest absolute Gasteiger partial charge is 0.274 e. The molecule has 94 valence electrons. The highest BCUT2D eigenvalue weighted by Crippen LogP contribution is 2.33. The van der Waals surface area contributed by atoms with Crippen LogP contribution in [0, 0.1) is 18.0 Å². The highest BCUT2D eigenvalue weighted by Gasteiger charge is 2.25. The van der Waals surface area contributed by atoms with Crippen molar-refractivity contribution in [2.24, 2.45) is 5.92 Å². The highest BCUT2D eigenvalue weighted by atomic mass is 19.1. The molecule has 1 N–H and O–H groups in total. The molecule has 3 nitrogen and oxygen atoms in total. The van der Waals surface area contributed by atoms with Crippen molar-refractivity contribution in [3.8, 4) is 12.1 Å². The molecule has 1 aliphatic carbocycles. The Balaban J connectivity index is 1.84. The SMILES string of the molecule is O=C(NOC(C#CF)CC1CC1)c1ccccc1. The minimum atomic E-state index is -0.574. The Bertz CT molecular complexity index is 460. The molecule has 2 rings (SSSR count). The Labute approximate surface area is 105 Å². The number of rotatable bonds is 5. The van der Waals surface area contributed by atoms with E-state index in [1.54, 1.807) is 24.3 Å². The molecule has 1 atom stereocenters. The summed E-state index contributed by atoms with van der Waals surface area (Å²) in [7, 11) is 0. The fourth-order valence-electron chi connectivity index (χ4n) is 1.63. The van der Waals surface area contributed by atoms with E-state index < -0.39 is 6.10 Å². The lowest BCUT2D eigenvalue weighted by Gasteiger charge is -2.11. The lowest BCUT2D eigenvalue weighted by Crippen LogP contribution is -2.29. The standard InChI is InChI=1S/C14H14FNO2/c15-9-8-13(10-11-6-7-11)18-16-14(17)12-4-2-1-3-5-12/h1-5,11,13H,6-7,10H2,(H,16,17). The van der Waals surface area contributed by atoms with E-state index in [1.807, 2.05) is 6.07 Å². The average Bonchev–Trinajstić information content (AvgIpc) is 3.21. The molecule has 18 heavy (non-hydrogen) atoms. The number of carbonyl (C=O) groups excluding carboxylic acids is 1. The molecule has 0 saturated heterocycles. The van der Waals surface area contributed by atoms with Gasteiger partial charge in [-0.15, -0.1) is 4.39 Å². The maximum Gasteiger partial charge on any atom is 0.274 e. The Morgan fingerprint density at radius 3 is 2.78 bits per heavy atom. The first kappa shape index (κ1) is 12.6. The zero-order valence-corrected chi connectivity index (χ0v) is 9.86. The molecule has 1 unspecified atom stereocenters. The van der Waals surface area contributed by atoms with Crippen molar-refractivity contribution >= 4 is 5.91 Å². The van der Waals surface area contributed by atoms with Crippen LogP contribution < -0.4 is 5.48 Å². The van der Waals surface area contributed by atoms with Crippen molar-refractivity contribution in [3.63, 3.8) is 0 Å². The van der Waals surface area contributed by atoms with Crippen LogP contribution in [0.5, 0.6) is 0 Å². The van der Waals surface area contributed by atoms with Gasteiger partial charge in [0.1, 0.15) is 12.3 Å². The molecular formula is C14H14FNO2. The van der Waals surface area contributed by atoms with Crippen LogP contribution in [-0.4, -0.2) is 12.0 Å². The van der Waals surface area contributed by atoms with Crippen molar-refractivity contribution in [1.82, 2.24) is 5.48 Å². The topological polar surface area (TPSA) is 38.3 Å². The van der Waals surface area contributed by atoms with Crippen molar-refractivity contribution in [2.45, 2.75) is 25.4 Å². The van der Waals surface area contributed by atoms with E-state index in [0.717, 1.165) is 12.8 Å². The number of halogens is 1. The molecule has 1 aromatic rings. The summed E-state index contributed by atoms with van der Waals surface area (Å²) < 4.78 is 12.0.